The van der Waals surface area contributed by atoms with Crippen molar-refractivity contribution in [3.8, 4) is 11.5 Å². The Morgan fingerprint density at radius 1 is 1.07 bits per heavy atom. The lowest BCUT2D eigenvalue weighted by Crippen LogP contribution is -2.31. The molecule has 0 spiro atoms. The predicted octanol–water partition coefficient (Wildman–Crippen LogP) is 5.42. The van der Waals surface area contributed by atoms with Crippen LogP contribution in [0.5, 0.6) is 11.5 Å². The molecule has 3 rings (SSSR count). The normalized spacial score (nSPS) is 16.9. The van der Waals surface area contributed by atoms with Crippen LogP contribution in [-0.4, -0.2) is 25.3 Å². The van der Waals surface area contributed by atoms with Crippen LogP contribution in [0.1, 0.15) is 66.5 Å². The first-order chi connectivity index (χ1) is 13.7. The van der Waals surface area contributed by atoms with E-state index in [2.05, 4.69) is 58.9 Å². The molecule has 29 heavy (non-hydrogen) atoms. The molecule has 156 valence electrons. The summed E-state index contributed by atoms with van der Waals surface area (Å²) in [5, 5.41) is 0. The number of benzene rings is 2. The molecular weight excluding hydrogens is 364 g/mol. The Balaban J connectivity index is 1.96. The topological polar surface area (TPSA) is 44.8 Å². The number of hydrogen-bond acceptors (Lipinski definition) is 4. The third kappa shape index (κ3) is 3.85. The molecule has 0 aromatic heterocycles. The quantitative estimate of drug-likeness (QED) is 0.612. The van der Waals surface area contributed by atoms with Crippen LogP contribution in [0, 0.1) is 20.8 Å². The van der Waals surface area contributed by atoms with Gasteiger partial charge >= 0.3 is 5.97 Å². The molecule has 0 aliphatic carbocycles. The average molecular weight is 397 g/mol. The predicted molar refractivity (Wildman–Crippen MR) is 115 cm³/mol. The summed E-state index contributed by atoms with van der Waals surface area (Å²) in [6.07, 6.45) is 1.09. The molecule has 0 saturated carbocycles. The molecular formula is C25H32O4. The van der Waals surface area contributed by atoms with Crippen LogP contribution in [0.15, 0.2) is 24.3 Å². The molecule has 0 radical (unpaired) electrons. The summed E-state index contributed by atoms with van der Waals surface area (Å²) in [7, 11) is 1.73. The number of carbonyl (C=O) groups is 1. The lowest BCUT2D eigenvalue weighted by atomic mass is 9.78. The Kier molecular flexibility index (Phi) is 5.92. The Morgan fingerprint density at radius 2 is 1.72 bits per heavy atom. The minimum Gasteiger partial charge on any atom is -0.496 e. The van der Waals surface area contributed by atoms with Gasteiger partial charge in [-0.25, -0.2) is 0 Å². The van der Waals surface area contributed by atoms with Gasteiger partial charge in [0.05, 0.1) is 19.6 Å². The molecule has 2 aromatic carbocycles. The van der Waals surface area contributed by atoms with Crippen molar-refractivity contribution in [2.24, 2.45) is 0 Å². The van der Waals surface area contributed by atoms with E-state index < -0.39 is 0 Å². The smallest absolute Gasteiger partial charge is 0.306 e. The Bertz CT molecular complexity index is 910. The second-order valence-corrected chi connectivity index (χ2v) is 8.34. The van der Waals surface area contributed by atoms with Gasteiger partial charge in [-0.05, 0) is 75.8 Å². The molecule has 4 nitrogen and oxygen atoms in total. The summed E-state index contributed by atoms with van der Waals surface area (Å²) in [6.45, 7) is 12.9. The molecule has 0 N–H and O–H groups in total. The molecule has 2 aromatic rings. The number of esters is 1. The van der Waals surface area contributed by atoms with Gasteiger partial charge in [-0.3, -0.25) is 4.79 Å². The zero-order chi connectivity index (χ0) is 21.3. The molecule has 1 heterocycles. The van der Waals surface area contributed by atoms with Crippen LogP contribution in [0.4, 0.5) is 0 Å². The van der Waals surface area contributed by atoms with Gasteiger partial charge < -0.3 is 14.2 Å². The highest BCUT2D eigenvalue weighted by Crippen LogP contribution is 2.53. The van der Waals surface area contributed by atoms with Crippen molar-refractivity contribution >= 4 is 5.97 Å². The van der Waals surface area contributed by atoms with Crippen LogP contribution in [0.3, 0.4) is 0 Å². The van der Waals surface area contributed by atoms with Crippen LogP contribution in [-0.2, 0) is 16.0 Å². The van der Waals surface area contributed by atoms with E-state index >= 15 is 0 Å². The molecule has 1 aliphatic heterocycles. The van der Waals surface area contributed by atoms with Crippen molar-refractivity contribution in [2.75, 3.05) is 13.7 Å². The molecule has 1 aliphatic rings. The van der Waals surface area contributed by atoms with Gasteiger partial charge in [-0.1, -0.05) is 24.3 Å². The highest BCUT2D eigenvalue weighted by atomic mass is 16.5. The molecule has 1 atom stereocenters. The van der Waals surface area contributed by atoms with Gasteiger partial charge in [0.15, 0.2) is 0 Å². The second kappa shape index (κ2) is 8.10. The van der Waals surface area contributed by atoms with Crippen LogP contribution in [0.25, 0.3) is 0 Å². The fourth-order valence-electron chi connectivity index (χ4n) is 4.50. The first kappa shape index (κ1) is 21.2. The van der Waals surface area contributed by atoms with Crippen LogP contribution in [0.2, 0.25) is 0 Å². The van der Waals surface area contributed by atoms with Crippen molar-refractivity contribution in [2.45, 2.75) is 65.9 Å². The van der Waals surface area contributed by atoms with Crippen LogP contribution >= 0.6 is 0 Å². The number of methoxy groups -OCH3 is 1. The zero-order valence-corrected chi connectivity index (χ0v) is 18.6. The lowest BCUT2D eigenvalue weighted by Gasteiger charge is -2.27. The van der Waals surface area contributed by atoms with E-state index in [0.717, 1.165) is 33.8 Å². The van der Waals surface area contributed by atoms with E-state index in [1.807, 2.05) is 6.92 Å². The molecule has 4 heteroatoms. The third-order valence-corrected chi connectivity index (χ3v) is 6.02. The molecule has 0 bridgehead atoms. The number of rotatable bonds is 6. The summed E-state index contributed by atoms with van der Waals surface area (Å²) in [5.41, 5.74) is 6.62. The van der Waals surface area contributed by atoms with Crippen LogP contribution < -0.4 is 9.47 Å². The van der Waals surface area contributed by atoms with Gasteiger partial charge in [-0.15, -0.1) is 0 Å². The first-order valence-corrected chi connectivity index (χ1v) is 10.3. The summed E-state index contributed by atoms with van der Waals surface area (Å²) in [5.74, 6) is 1.90. The summed E-state index contributed by atoms with van der Waals surface area (Å²) in [6, 6.07) is 8.53. The number of fused-ring (bicyclic) bond motifs is 1. The molecule has 0 fully saturated rings. The van der Waals surface area contributed by atoms with E-state index in [4.69, 9.17) is 14.2 Å². The standard InChI is InChI=1S/C25H32O4/c1-8-28-20(26)14-11-18-9-12-19(13-10-18)22-21-17(4)23(27-7)15(2)16(3)24(21)29-25(22,5)6/h9-10,12-13,22H,8,11,14H2,1-7H3. The maximum atomic E-state index is 11.6. The largest absolute Gasteiger partial charge is 0.496 e. The monoisotopic (exact) mass is 396 g/mol. The van der Waals surface area contributed by atoms with Gasteiger partial charge in [-0.2, -0.15) is 0 Å². The van der Waals surface area contributed by atoms with E-state index in [-0.39, 0.29) is 17.5 Å². The van der Waals surface area contributed by atoms with Crippen molar-refractivity contribution < 1.29 is 19.0 Å². The van der Waals surface area contributed by atoms with Crippen molar-refractivity contribution in [1.29, 1.82) is 0 Å². The SMILES string of the molecule is CCOC(=O)CCc1ccc(C2c3c(C)c(OC)c(C)c(C)c3OC2(C)C)cc1. The number of ether oxygens (including phenoxy) is 3. The summed E-state index contributed by atoms with van der Waals surface area (Å²) < 4.78 is 17.2. The average Bonchev–Trinajstić information content (AvgIpc) is 2.97. The van der Waals surface area contributed by atoms with Crippen molar-refractivity contribution in [1.82, 2.24) is 0 Å². The number of carbonyl (C=O) groups excluding carboxylic acids is 1. The Morgan fingerprint density at radius 3 is 2.31 bits per heavy atom. The van der Waals surface area contributed by atoms with E-state index in [0.29, 0.717) is 19.4 Å². The minimum atomic E-state index is -0.358. The zero-order valence-electron chi connectivity index (χ0n) is 18.6. The number of hydrogen-bond donors (Lipinski definition) is 0. The van der Waals surface area contributed by atoms with Gasteiger partial charge in [0.2, 0.25) is 0 Å². The van der Waals surface area contributed by atoms with E-state index in [1.165, 1.54) is 11.1 Å². The van der Waals surface area contributed by atoms with Crippen molar-refractivity contribution in [3.63, 3.8) is 0 Å². The highest BCUT2D eigenvalue weighted by Gasteiger charge is 2.45. The van der Waals surface area contributed by atoms with E-state index in [9.17, 15) is 4.79 Å². The fraction of sp³-hybridized carbons (Fsp3) is 0.480. The second-order valence-electron chi connectivity index (χ2n) is 8.34. The van der Waals surface area contributed by atoms with E-state index in [1.54, 1.807) is 7.11 Å². The highest BCUT2D eigenvalue weighted by molar-refractivity contribution is 5.69. The van der Waals surface area contributed by atoms with Crippen molar-refractivity contribution in [3.05, 3.63) is 57.6 Å². The lowest BCUT2D eigenvalue weighted by molar-refractivity contribution is -0.143. The molecule has 0 saturated heterocycles. The summed E-state index contributed by atoms with van der Waals surface area (Å²) in [4.78, 5) is 11.6. The Hall–Kier alpha value is -2.49. The maximum absolute atomic E-state index is 11.6. The summed E-state index contributed by atoms with van der Waals surface area (Å²) >= 11 is 0. The maximum Gasteiger partial charge on any atom is 0.306 e. The molecule has 1 unspecified atom stereocenters. The molecule has 0 amide bonds. The number of aryl methyl sites for hydroxylation is 1. The fourth-order valence-corrected chi connectivity index (χ4v) is 4.50. The van der Waals surface area contributed by atoms with Gasteiger partial charge in [0.25, 0.3) is 0 Å². The van der Waals surface area contributed by atoms with Gasteiger partial charge in [0.1, 0.15) is 17.1 Å². The minimum absolute atomic E-state index is 0.116. The van der Waals surface area contributed by atoms with Gasteiger partial charge in [0, 0.05) is 12.0 Å². The first-order valence-electron chi connectivity index (χ1n) is 10.3. The third-order valence-electron chi connectivity index (χ3n) is 6.02. The Labute approximate surface area is 174 Å².